The number of sulfonamides is 1. The van der Waals surface area contributed by atoms with Gasteiger partial charge in [0, 0.05) is 24.9 Å². The lowest BCUT2D eigenvalue weighted by atomic mass is 10.3. The smallest absolute Gasteiger partial charge is 0.263 e. The summed E-state index contributed by atoms with van der Waals surface area (Å²) in [5.74, 6) is 0. The predicted octanol–water partition coefficient (Wildman–Crippen LogP) is 3.57. The van der Waals surface area contributed by atoms with E-state index in [2.05, 4.69) is 4.72 Å². The van der Waals surface area contributed by atoms with Gasteiger partial charge in [-0.3, -0.25) is 4.72 Å². The van der Waals surface area contributed by atoms with E-state index in [0.29, 0.717) is 17.3 Å². The molecule has 0 fully saturated rings. The molecule has 1 aromatic heterocycles. The second-order valence-corrected chi connectivity index (χ2v) is 8.66. The minimum Gasteiger partial charge on any atom is -0.326 e. The zero-order valence-corrected chi connectivity index (χ0v) is 15.0. The Labute approximate surface area is 140 Å². The van der Waals surface area contributed by atoms with E-state index in [1.165, 1.54) is 11.3 Å². The van der Waals surface area contributed by atoms with Crippen molar-refractivity contribution in [3.8, 4) is 0 Å². The van der Waals surface area contributed by atoms with Gasteiger partial charge >= 0.3 is 0 Å². The Morgan fingerprint density at radius 1 is 1.40 bits per heavy atom. The molecule has 0 amide bonds. The summed E-state index contributed by atoms with van der Waals surface area (Å²) in [6.07, 6.45) is 0. The van der Waals surface area contributed by atoms with Gasteiger partial charge in [-0.2, -0.15) is 0 Å². The molecule has 1 heterocycles. The summed E-state index contributed by atoms with van der Waals surface area (Å²) >= 11 is 9.29. The fraction of sp³-hybridized carbons (Fsp3) is 0.167. The Hall–Kier alpha value is -0.350. The number of anilines is 1. The van der Waals surface area contributed by atoms with E-state index in [4.69, 9.17) is 17.3 Å². The molecule has 0 bridgehead atoms. The molecule has 0 radical (unpaired) electrons. The zero-order chi connectivity index (χ0) is 14.9. The molecule has 0 aliphatic heterocycles. The summed E-state index contributed by atoms with van der Waals surface area (Å²) in [7, 11) is -3.61. The summed E-state index contributed by atoms with van der Waals surface area (Å²) in [6, 6.07) is 6.61. The second kappa shape index (κ2) is 6.18. The van der Waals surface area contributed by atoms with Gasteiger partial charge in [0.2, 0.25) is 0 Å². The van der Waals surface area contributed by atoms with E-state index < -0.39 is 10.0 Å². The fourth-order valence-electron chi connectivity index (χ4n) is 1.66. The third-order valence-corrected chi connectivity index (χ3v) is 6.41. The highest BCUT2D eigenvalue weighted by atomic mass is 127. The Morgan fingerprint density at radius 2 is 2.10 bits per heavy atom. The number of hydrogen-bond donors (Lipinski definition) is 2. The average Bonchev–Trinajstić information content (AvgIpc) is 2.75. The summed E-state index contributed by atoms with van der Waals surface area (Å²) in [6.45, 7) is 2.10. The number of halogens is 2. The molecule has 20 heavy (non-hydrogen) atoms. The number of benzene rings is 1. The topological polar surface area (TPSA) is 72.2 Å². The standard InChI is InChI=1S/C12H12ClIN2O2S2/c1-7-12(5-9(6-15)19-7)20(17,18)16-11-3-2-8(13)4-10(11)14/h2-5,16H,6,15H2,1H3. The van der Waals surface area contributed by atoms with Gasteiger partial charge in [-0.1, -0.05) is 11.6 Å². The number of hydrogen-bond acceptors (Lipinski definition) is 4. The minimum absolute atomic E-state index is 0.272. The molecule has 0 aliphatic carbocycles. The molecule has 108 valence electrons. The Balaban J connectivity index is 2.38. The van der Waals surface area contributed by atoms with Crippen LogP contribution in [0, 0.1) is 10.5 Å². The van der Waals surface area contributed by atoms with E-state index in [1.807, 2.05) is 22.6 Å². The third-order valence-electron chi connectivity index (χ3n) is 2.59. The highest BCUT2D eigenvalue weighted by Crippen LogP contribution is 2.29. The lowest BCUT2D eigenvalue weighted by Gasteiger charge is -2.09. The number of aryl methyl sites for hydroxylation is 1. The molecule has 0 saturated carbocycles. The van der Waals surface area contributed by atoms with Crippen LogP contribution in [0.15, 0.2) is 29.2 Å². The molecule has 1 aromatic carbocycles. The fourth-order valence-corrected chi connectivity index (χ4v) is 5.45. The molecule has 0 unspecified atom stereocenters. The van der Waals surface area contributed by atoms with Crippen LogP contribution in [0.3, 0.4) is 0 Å². The Morgan fingerprint density at radius 3 is 2.65 bits per heavy atom. The maximum Gasteiger partial charge on any atom is 0.263 e. The van der Waals surface area contributed by atoms with Crippen LogP contribution in [0.2, 0.25) is 5.02 Å². The van der Waals surface area contributed by atoms with Crippen LogP contribution in [-0.4, -0.2) is 8.42 Å². The molecular weight excluding hydrogens is 431 g/mol. The molecule has 0 saturated heterocycles. The summed E-state index contributed by atoms with van der Waals surface area (Å²) in [5, 5.41) is 0.564. The van der Waals surface area contributed by atoms with Crippen LogP contribution in [-0.2, 0) is 16.6 Å². The third kappa shape index (κ3) is 3.45. The van der Waals surface area contributed by atoms with Crippen molar-refractivity contribution in [2.75, 3.05) is 4.72 Å². The van der Waals surface area contributed by atoms with Gasteiger partial charge in [0.1, 0.15) is 4.90 Å². The van der Waals surface area contributed by atoms with Crippen molar-refractivity contribution in [1.82, 2.24) is 0 Å². The molecular formula is C12H12ClIN2O2S2. The van der Waals surface area contributed by atoms with E-state index in [1.54, 1.807) is 31.2 Å². The molecule has 4 nitrogen and oxygen atoms in total. The van der Waals surface area contributed by atoms with Crippen molar-refractivity contribution < 1.29 is 8.42 Å². The van der Waals surface area contributed by atoms with Gasteiger partial charge in [0.05, 0.1) is 5.69 Å². The molecule has 8 heteroatoms. The first kappa shape index (κ1) is 16.0. The zero-order valence-electron chi connectivity index (χ0n) is 10.5. The maximum absolute atomic E-state index is 12.4. The van der Waals surface area contributed by atoms with Crippen molar-refractivity contribution in [1.29, 1.82) is 0 Å². The van der Waals surface area contributed by atoms with Crippen LogP contribution < -0.4 is 10.5 Å². The first-order valence-electron chi connectivity index (χ1n) is 5.60. The van der Waals surface area contributed by atoms with Crippen molar-refractivity contribution >= 4 is 61.2 Å². The molecule has 0 atom stereocenters. The number of nitrogens with one attached hydrogen (secondary N) is 1. The Kier molecular flexibility index (Phi) is 4.96. The largest absolute Gasteiger partial charge is 0.326 e. The lowest BCUT2D eigenvalue weighted by Crippen LogP contribution is -2.14. The van der Waals surface area contributed by atoms with Gasteiger partial charge in [0.25, 0.3) is 10.0 Å². The SMILES string of the molecule is Cc1sc(CN)cc1S(=O)(=O)Nc1ccc(Cl)cc1I. The molecule has 2 rings (SSSR count). The van der Waals surface area contributed by atoms with Crippen LogP contribution in [0.4, 0.5) is 5.69 Å². The van der Waals surface area contributed by atoms with E-state index in [9.17, 15) is 8.42 Å². The van der Waals surface area contributed by atoms with E-state index in [-0.39, 0.29) is 4.90 Å². The first-order valence-corrected chi connectivity index (χ1v) is 9.36. The van der Waals surface area contributed by atoms with Crippen LogP contribution in [0.25, 0.3) is 0 Å². The van der Waals surface area contributed by atoms with Crippen molar-refractivity contribution in [2.45, 2.75) is 18.4 Å². The highest BCUT2D eigenvalue weighted by Gasteiger charge is 2.20. The van der Waals surface area contributed by atoms with Crippen LogP contribution >= 0.6 is 45.5 Å². The normalized spacial score (nSPS) is 11.6. The summed E-state index contributed by atoms with van der Waals surface area (Å²) < 4.78 is 28.1. The molecule has 0 aliphatic rings. The number of nitrogens with two attached hydrogens (primary N) is 1. The van der Waals surface area contributed by atoms with E-state index >= 15 is 0 Å². The molecule has 3 N–H and O–H groups in total. The van der Waals surface area contributed by atoms with Crippen LogP contribution in [0.5, 0.6) is 0 Å². The predicted molar refractivity (Wildman–Crippen MR) is 91.9 cm³/mol. The Bertz CT molecular complexity index is 744. The maximum atomic E-state index is 12.4. The summed E-state index contributed by atoms with van der Waals surface area (Å²) in [5.41, 5.74) is 6.06. The summed E-state index contributed by atoms with van der Waals surface area (Å²) in [4.78, 5) is 1.84. The molecule has 2 aromatic rings. The van der Waals surface area contributed by atoms with Gasteiger partial charge in [-0.15, -0.1) is 11.3 Å². The number of rotatable bonds is 4. The number of thiophene rings is 1. The van der Waals surface area contributed by atoms with Crippen molar-refractivity contribution in [2.24, 2.45) is 5.73 Å². The van der Waals surface area contributed by atoms with Crippen molar-refractivity contribution in [3.63, 3.8) is 0 Å². The quantitative estimate of drug-likeness (QED) is 0.711. The van der Waals surface area contributed by atoms with Gasteiger partial charge in [-0.25, -0.2) is 8.42 Å². The van der Waals surface area contributed by atoms with Gasteiger partial charge in [0.15, 0.2) is 0 Å². The lowest BCUT2D eigenvalue weighted by molar-refractivity contribution is 0.601. The van der Waals surface area contributed by atoms with Gasteiger partial charge < -0.3 is 5.73 Å². The molecule has 0 spiro atoms. The monoisotopic (exact) mass is 442 g/mol. The average molecular weight is 443 g/mol. The second-order valence-electron chi connectivity index (χ2n) is 4.07. The highest BCUT2D eigenvalue weighted by molar-refractivity contribution is 14.1. The van der Waals surface area contributed by atoms with Crippen LogP contribution in [0.1, 0.15) is 9.75 Å². The van der Waals surface area contributed by atoms with E-state index in [0.717, 1.165) is 13.3 Å². The van der Waals surface area contributed by atoms with Crippen molar-refractivity contribution in [3.05, 3.63) is 42.6 Å². The first-order chi connectivity index (χ1) is 9.33. The minimum atomic E-state index is -3.61. The van der Waals surface area contributed by atoms with Gasteiger partial charge in [-0.05, 0) is 53.8 Å².